The number of anilines is 1. The van der Waals surface area contributed by atoms with Crippen molar-refractivity contribution in [2.24, 2.45) is 0 Å². The highest BCUT2D eigenvalue weighted by Crippen LogP contribution is 2.33. The highest BCUT2D eigenvalue weighted by Gasteiger charge is 2.10. The van der Waals surface area contributed by atoms with E-state index >= 15 is 0 Å². The lowest BCUT2D eigenvalue weighted by atomic mass is 10.1. The van der Waals surface area contributed by atoms with Crippen molar-refractivity contribution < 1.29 is 9.47 Å². The number of hydrogen-bond donors (Lipinski definition) is 1. The smallest absolute Gasteiger partial charge is 0.128 e. The molecule has 0 aliphatic rings. The molecule has 4 nitrogen and oxygen atoms in total. The van der Waals surface area contributed by atoms with E-state index in [4.69, 9.17) is 20.2 Å². The third-order valence-corrected chi connectivity index (χ3v) is 3.61. The van der Waals surface area contributed by atoms with Gasteiger partial charge >= 0.3 is 0 Å². The summed E-state index contributed by atoms with van der Waals surface area (Å²) in [5, 5.41) is 0. The summed E-state index contributed by atoms with van der Waals surface area (Å²) in [4.78, 5) is 4.75. The van der Waals surface area contributed by atoms with Crippen molar-refractivity contribution in [3.63, 3.8) is 0 Å². The van der Waals surface area contributed by atoms with Crippen LogP contribution in [0.1, 0.15) is 0 Å². The maximum absolute atomic E-state index is 5.86. The van der Waals surface area contributed by atoms with Crippen molar-refractivity contribution in [1.82, 2.24) is 4.98 Å². The fraction of sp³-hybridized carbons (Fsp3) is 0.105. The van der Waals surface area contributed by atoms with E-state index in [1.807, 2.05) is 60.7 Å². The summed E-state index contributed by atoms with van der Waals surface area (Å²) in [6.45, 7) is 0. The topological polar surface area (TPSA) is 57.4 Å². The molecule has 4 heteroatoms. The number of benzene rings is 2. The molecule has 1 heterocycles. The number of pyridine rings is 1. The van der Waals surface area contributed by atoms with Crippen LogP contribution >= 0.6 is 0 Å². The van der Waals surface area contributed by atoms with Crippen LogP contribution in [0.4, 0.5) is 5.69 Å². The van der Waals surface area contributed by atoms with E-state index in [-0.39, 0.29) is 0 Å². The lowest BCUT2D eigenvalue weighted by Crippen LogP contribution is -1.93. The molecule has 0 saturated carbocycles. The van der Waals surface area contributed by atoms with Gasteiger partial charge in [0.1, 0.15) is 11.5 Å². The van der Waals surface area contributed by atoms with E-state index in [1.165, 1.54) is 0 Å². The Morgan fingerprint density at radius 3 is 2.35 bits per heavy atom. The summed E-state index contributed by atoms with van der Waals surface area (Å²) >= 11 is 0. The number of methoxy groups -OCH3 is 2. The van der Waals surface area contributed by atoms with Gasteiger partial charge in [0.15, 0.2) is 0 Å². The molecule has 3 rings (SSSR count). The molecule has 116 valence electrons. The van der Waals surface area contributed by atoms with Gasteiger partial charge < -0.3 is 15.2 Å². The van der Waals surface area contributed by atoms with Gasteiger partial charge in [-0.25, -0.2) is 4.98 Å². The van der Waals surface area contributed by atoms with Crippen molar-refractivity contribution >= 4 is 5.69 Å². The van der Waals surface area contributed by atoms with Crippen LogP contribution < -0.4 is 15.2 Å². The maximum atomic E-state index is 5.86. The van der Waals surface area contributed by atoms with Gasteiger partial charge in [-0.3, -0.25) is 0 Å². The molecule has 0 aliphatic carbocycles. The van der Waals surface area contributed by atoms with Gasteiger partial charge in [-0.15, -0.1) is 0 Å². The third kappa shape index (κ3) is 3.11. The zero-order chi connectivity index (χ0) is 16.2. The highest BCUT2D eigenvalue weighted by atomic mass is 16.5. The van der Waals surface area contributed by atoms with Gasteiger partial charge in [0, 0.05) is 16.8 Å². The van der Waals surface area contributed by atoms with Crippen LogP contribution in [0.25, 0.3) is 22.5 Å². The molecule has 2 N–H and O–H groups in total. The summed E-state index contributed by atoms with van der Waals surface area (Å²) in [5.41, 5.74) is 10.1. The van der Waals surface area contributed by atoms with E-state index in [0.29, 0.717) is 5.69 Å². The largest absolute Gasteiger partial charge is 0.497 e. The van der Waals surface area contributed by atoms with Crippen LogP contribution in [-0.2, 0) is 0 Å². The van der Waals surface area contributed by atoms with Crippen molar-refractivity contribution in [2.45, 2.75) is 0 Å². The van der Waals surface area contributed by atoms with Crippen LogP contribution in [0.5, 0.6) is 11.5 Å². The average molecular weight is 306 g/mol. The number of rotatable bonds is 4. The van der Waals surface area contributed by atoms with Gasteiger partial charge in [0.25, 0.3) is 0 Å². The molecule has 0 unspecified atom stereocenters. The van der Waals surface area contributed by atoms with Crippen molar-refractivity contribution in [2.75, 3.05) is 20.0 Å². The fourth-order valence-electron chi connectivity index (χ4n) is 2.46. The first-order valence-electron chi connectivity index (χ1n) is 7.26. The number of nitrogens with zero attached hydrogens (tertiary/aromatic N) is 1. The summed E-state index contributed by atoms with van der Waals surface area (Å²) in [6, 6.07) is 19.2. The summed E-state index contributed by atoms with van der Waals surface area (Å²) in [6.07, 6.45) is 0. The van der Waals surface area contributed by atoms with Crippen molar-refractivity contribution in [3.05, 3.63) is 60.7 Å². The van der Waals surface area contributed by atoms with Crippen LogP contribution in [0.3, 0.4) is 0 Å². The maximum Gasteiger partial charge on any atom is 0.128 e. The molecule has 0 spiro atoms. The van der Waals surface area contributed by atoms with Gasteiger partial charge in [0.05, 0.1) is 25.6 Å². The Morgan fingerprint density at radius 1 is 0.826 bits per heavy atom. The minimum atomic E-state index is 0.716. The Bertz CT molecular complexity index is 831. The molecular formula is C19H18N2O2. The molecule has 0 radical (unpaired) electrons. The number of nitrogen functional groups attached to an aromatic ring is 1. The quantitative estimate of drug-likeness (QED) is 0.740. The van der Waals surface area contributed by atoms with Crippen LogP contribution in [0, 0.1) is 0 Å². The van der Waals surface area contributed by atoms with Crippen LogP contribution in [0.2, 0.25) is 0 Å². The molecule has 0 aliphatic heterocycles. The Morgan fingerprint density at radius 2 is 1.61 bits per heavy atom. The van der Waals surface area contributed by atoms with E-state index in [2.05, 4.69) is 0 Å². The van der Waals surface area contributed by atoms with Crippen molar-refractivity contribution in [3.8, 4) is 34.0 Å². The SMILES string of the molecule is COc1ccc(OC)c(-c2cccc(-c3cccc(N)c3)n2)c1. The first-order chi connectivity index (χ1) is 11.2. The molecular weight excluding hydrogens is 288 g/mol. The monoisotopic (exact) mass is 306 g/mol. The molecule has 0 atom stereocenters. The lowest BCUT2D eigenvalue weighted by Gasteiger charge is -2.11. The molecule has 1 aromatic heterocycles. The van der Waals surface area contributed by atoms with Gasteiger partial charge in [0.2, 0.25) is 0 Å². The fourth-order valence-corrected chi connectivity index (χ4v) is 2.46. The second kappa shape index (κ2) is 6.40. The van der Waals surface area contributed by atoms with Gasteiger partial charge in [-0.2, -0.15) is 0 Å². The lowest BCUT2D eigenvalue weighted by molar-refractivity contribution is 0.404. The molecule has 0 bridgehead atoms. The molecule has 0 saturated heterocycles. The third-order valence-electron chi connectivity index (χ3n) is 3.61. The summed E-state index contributed by atoms with van der Waals surface area (Å²) in [7, 11) is 3.29. The zero-order valence-corrected chi connectivity index (χ0v) is 13.1. The van der Waals surface area contributed by atoms with E-state index in [0.717, 1.165) is 34.0 Å². The Kier molecular flexibility index (Phi) is 4.15. The van der Waals surface area contributed by atoms with Gasteiger partial charge in [-0.1, -0.05) is 18.2 Å². The zero-order valence-electron chi connectivity index (χ0n) is 13.1. The number of hydrogen-bond acceptors (Lipinski definition) is 4. The molecule has 2 aromatic carbocycles. The van der Waals surface area contributed by atoms with Gasteiger partial charge in [-0.05, 0) is 42.5 Å². The minimum Gasteiger partial charge on any atom is -0.497 e. The first kappa shape index (κ1) is 14.9. The van der Waals surface area contributed by atoms with E-state index < -0.39 is 0 Å². The Balaban J connectivity index is 2.10. The predicted octanol–water partition coefficient (Wildman–Crippen LogP) is 4.02. The first-order valence-corrected chi connectivity index (χ1v) is 7.26. The molecule has 0 fully saturated rings. The highest BCUT2D eigenvalue weighted by molar-refractivity contribution is 5.72. The molecule has 23 heavy (non-hydrogen) atoms. The Hall–Kier alpha value is -3.01. The number of aromatic nitrogens is 1. The standard InChI is InChI=1S/C19H18N2O2/c1-22-15-9-10-19(23-2)16(12-15)18-8-4-7-17(21-18)13-5-3-6-14(20)11-13/h3-12H,20H2,1-2H3. The second-order valence-corrected chi connectivity index (χ2v) is 5.10. The van der Waals surface area contributed by atoms with E-state index in [1.54, 1.807) is 14.2 Å². The van der Waals surface area contributed by atoms with Crippen LogP contribution in [0.15, 0.2) is 60.7 Å². The average Bonchev–Trinajstić information content (AvgIpc) is 2.61. The molecule has 0 amide bonds. The number of nitrogens with two attached hydrogens (primary N) is 1. The van der Waals surface area contributed by atoms with Crippen molar-refractivity contribution in [1.29, 1.82) is 0 Å². The van der Waals surface area contributed by atoms with Crippen LogP contribution in [-0.4, -0.2) is 19.2 Å². The van der Waals surface area contributed by atoms with E-state index in [9.17, 15) is 0 Å². The second-order valence-electron chi connectivity index (χ2n) is 5.10. The summed E-state index contributed by atoms with van der Waals surface area (Å²) < 4.78 is 10.8. The Labute approximate surface area is 135 Å². The number of ether oxygens (including phenoxy) is 2. The normalized spacial score (nSPS) is 10.3. The molecule has 3 aromatic rings. The minimum absolute atomic E-state index is 0.716. The summed E-state index contributed by atoms with van der Waals surface area (Å²) in [5.74, 6) is 1.51. The predicted molar refractivity (Wildman–Crippen MR) is 92.6 cm³/mol.